The third kappa shape index (κ3) is 8.38. The molecule has 0 radical (unpaired) electrons. The Hall–Kier alpha value is -6.44. The summed E-state index contributed by atoms with van der Waals surface area (Å²) in [5, 5.41) is 10.6. The molecule has 1 aliphatic rings. The van der Waals surface area contributed by atoms with E-state index in [-0.39, 0.29) is 5.91 Å². The van der Waals surface area contributed by atoms with Crippen LogP contribution in [0.1, 0.15) is 41.3 Å². The highest BCUT2D eigenvalue weighted by atomic mass is 16.5. The number of hydrogen-bond acceptors (Lipinski definition) is 13. The Morgan fingerprint density at radius 1 is 0.582 bits per heavy atom. The Kier molecular flexibility index (Phi) is 12.2. The lowest BCUT2D eigenvalue weighted by molar-refractivity contribution is 0.0935. The summed E-state index contributed by atoms with van der Waals surface area (Å²) in [7, 11) is 11.0. The molecule has 0 bridgehead atoms. The number of unbranched alkanes of at least 4 members (excludes halogenated alkanes) is 2. The lowest BCUT2D eigenvalue weighted by Crippen LogP contribution is -2.38. The smallest absolute Gasteiger partial charge is 0.255 e. The van der Waals surface area contributed by atoms with Crippen molar-refractivity contribution in [2.75, 3.05) is 68.3 Å². The predicted octanol–water partition coefficient (Wildman–Crippen LogP) is 7.55. The molecule has 2 heterocycles. The number of aromatic nitrogens is 1. The molecule has 1 unspecified atom stereocenters. The molecule has 0 spiro atoms. The molecule has 1 atom stereocenters. The zero-order valence-electron chi connectivity index (χ0n) is 31.9. The Bertz CT molecular complexity index is 2070. The zero-order chi connectivity index (χ0) is 38.9. The number of benzene rings is 4. The van der Waals surface area contributed by atoms with Gasteiger partial charge in [0.05, 0.1) is 68.5 Å². The van der Waals surface area contributed by atoms with Crippen LogP contribution in [0.15, 0.2) is 71.3 Å². The van der Waals surface area contributed by atoms with Gasteiger partial charge in [0.2, 0.25) is 11.5 Å². The number of rotatable bonds is 18. The van der Waals surface area contributed by atoms with E-state index in [0.29, 0.717) is 87.5 Å². The Labute approximate surface area is 319 Å². The average molecular weight is 756 g/mol. The second-order valence-electron chi connectivity index (χ2n) is 12.3. The quantitative estimate of drug-likeness (QED) is 0.0848. The number of anilines is 1. The molecule has 0 saturated carbocycles. The Morgan fingerprint density at radius 3 is 1.85 bits per heavy atom. The van der Waals surface area contributed by atoms with Crippen molar-refractivity contribution in [3.8, 4) is 74.3 Å². The Morgan fingerprint density at radius 2 is 1.22 bits per heavy atom. The summed E-state index contributed by atoms with van der Waals surface area (Å²) in [6.45, 7) is 0.924. The van der Waals surface area contributed by atoms with E-state index >= 15 is 0 Å². The first-order valence-corrected chi connectivity index (χ1v) is 17.6. The first-order chi connectivity index (χ1) is 26.8. The van der Waals surface area contributed by atoms with Crippen LogP contribution in [-0.4, -0.2) is 74.0 Å². The molecular weight excluding hydrogens is 710 g/mol. The SMILES string of the molecule is COc1ccc2c(c1)C(=O)NC(c1ccc(OCCCCCOc3c(OC)cc(-c4cc(-c5cc(OC)c(OC)c(OC)c5)no4)cc3OC)c(OC)c1)N2. The van der Waals surface area contributed by atoms with Gasteiger partial charge in [-0.15, -0.1) is 0 Å². The summed E-state index contributed by atoms with van der Waals surface area (Å²) in [4.78, 5) is 12.8. The second kappa shape index (κ2) is 17.6. The molecule has 1 aromatic heterocycles. The van der Waals surface area contributed by atoms with Gasteiger partial charge in [-0.05, 0) is 79.4 Å². The van der Waals surface area contributed by atoms with Crippen LogP contribution >= 0.6 is 0 Å². The highest BCUT2D eigenvalue weighted by Crippen LogP contribution is 2.44. The summed E-state index contributed by atoms with van der Waals surface area (Å²) in [6, 6.07) is 20.0. The van der Waals surface area contributed by atoms with Crippen molar-refractivity contribution >= 4 is 11.6 Å². The zero-order valence-corrected chi connectivity index (χ0v) is 31.9. The number of methoxy groups -OCH3 is 7. The lowest BCUT2D eigenvalue weighted by Gasteiger charge is -2.28. The van der Waals surface area contributed by atoms with Crippen molar-refractivity contribution in [3.63, 3.8) is 0 Å². The third-order valence-electron chi connectivity index (χ3n) is 9.08. The molecule has 14 nitrogen and oxygen atoms in total. The minimum atomic E-state index is -0.431. The van der Waals surface area contributed by atoms with Crippen molar-refractivity contribution in [2.45, 2.75) is 25.4 Å². The Balaban J connectivity index is 1.02. The van der Waals surface area contributed by atoms with Gasteiger partial charge in [-0.1, -0.05) is 11.2 Å². The molecule has 0 saturated heterocycles. The summed E-state index contributed by atoms with van der Waals surface area (Å²) < 4.78 is 56.7. The summed E-state index contributed by atoms with van der Waals surface area (Å²) >= 11 is 0. The highest BCUT2D eigenvalue weighted by Gasteiger charge is 2.26. The van der Waals surface area contributed by atoms with Crippen LogP contribution in [0.25, 0.3) is 22.6 Å². The van der Waals surface area contributed by atoms with Crippen LogP contribution in [0.4, 0.5) is 5.69 Å². The largest absolute Gasteiger partial charge is 0.497 e. The van der Waals surface area contributed by atoms with Gasteiger partial charge >= 0.3 is 0 Å². The number of hydrogen-bond donors (Lipinski definition) is 2. The van der Waals surface area contributed by atoms with E-state index < -0.39 is 6.17 Å². The molecule has 5 aromatic rings. The predicted molar refractivity (Wildman–Crippen MR) is 205 cm³/mol. The van der Waals surface area contributed by atoms with Gasteiger partial charge in [0.25, 0.3) is 5.91 Å². The van der Waals surface area contributed by atoms with E-state index in [1.54, 1.807) is 68.0 Å². The van der Waals surface area contributed by atoms with Gasteiger partial charge < -0.3 is 57.8 Å². The third-order valence-corrected chi connectivity index (χ3v) is 9.08. The van der Waals surface area contributed by atoms with Gasteiger partial charge in [0.15, 0.2) is 40.3 Å². The van der Waals surface area contributed by atoms with Crippen LogP contribution in [0.3, 0.4) is 0 Å². The number of fused-ring (bicyclic) bond motifs is 1. The topological polar surface area (TPSA) is 150 Å². The lowest BCUT2D eigenvalue weighted by atomic mass is 10.0. The maximum atomic E-state index is 12.8. The highest BCUT2D eigenvalue weighted by molar-refractivity contribution is 6.02. The number of amides is 1. The number of carbonyl (C=O) groups is 1. The van der Waals surface area contributed by atoms with E-state index in [2.05, 4.69) is 15.8 Å². The minimum absolute atomic E-state index is 0.190. The molecular formula is C41H45N3O11. The summed E-state index contributed by atoms with van der Waals surface area (Å²) in [6.07, 6.45) is 1.99. The van der Waals surface area contributed by atoms with Crippen molar-refractivity contribution in [1.29, 1.82) is 0 Å². The van der Waals surface area contributed by atoms with Gasteiger partial charge in [0.1, 0.15) is 17.6 Å². The number of ether oxygens (including phenoxy) is 9. The van der Waals surface area contributed by atoms with Crippen LogP contribution in [0.5, 0.6) is 51.7 Å². The fourth-order valence-corrected chi connectivity index (χ4v) is 6.19. The van der Waals surface area contributed by atoms with Gasteiger partial charge in [0, 0.05) is 22.9 Å². The summed E-state index contributed by atoms with van der Waals surface area (Å²) in [5.41, 5.74) is 4.07. The monoisotopic (exact) mass is 755 g/mol. The summed E-state index contributed by atoms with van der Waals surface area (Å²) in [5.74, 6) is 5.09. The average Bonchev–Trinajstić information content (AvgIpc) is 3.73. The van der Waals surface area contributed by atoms with Crippen LogP contribution < -0.4 is 53.3 Å². The van der Waals surface area contributed by atoms with Crippen molar-refractivity contribution < 1.29 is 51.9 Å². The van der Waals surface area contributed by atoms with Gasteiger partial charge in [-0.25, -0.2) is 0 Å². The van der Waals surface area contributed by atoms with Crippen molar-refractivity contribution in [2.24, 2.45) is 0 Å². The van der Waals surface area contributed by atoms with E-state index in [1.165, 1.54) is 0 Å². The molecule has 1 aliphatic heterocycles. The van der Waals surface area contributed by atoms with E-state index in [0.717, 1.165) is 36.1 Å². The number of carbonyl (C=O) groups excluding carboxylic acids is 1. The van der Waals surface area contributed by atoms with E-state index in [4.69, 9.17) is 47.2 Å². The molecule has 6 rings (SSSR count). The molecule has 290 valence electrons. The molecule has 0 fully saturated rings. The minimum Gasteiger partial charge on any atom is -0.497 e. The first-order valence-electron chi connectivity index (χ1n) is 17.6. The van der Waals surface area contributed by atoms with Gasteiger partial charge in [-0.2, -0.15) is 0 Å². The second-order valence-corrected chi connectivity index (χ2v) is 12.3. The van der Waals surface area contributed by atoms with Crippen molar-refractivity contribution in [3.05, 3.63) is 77.9 Å². The molecule has 55 heavy (non-hydrogen) atoms. The van der Waals surface area contributed by atoms with Crippen LogP contribution in [0, 0.1) is 0 Å². The fraction of sp³-hybridized carbons (Fsp3) is 0.317. The first kappa shape index (κ1) is 38.3. The molecule has 0 aliphatic carbocycles. The molecule has 1 amide bonds. The van der Waals surface area contributed by atoms with E-state index in [9.17, 15) is 4.79 Å². The molecule has 14 heteroatoms. The standard InChI is InChI=1S/C41H45N3O11/c1-46-27-12-13-29-28(22-27)41(45)43-40(42-29)24-11-14-31(33(17-24)47-2)53-15-9-8-10-16-54-39-36(50-5)20-26(21-37(39)51-6)32-23-30(44-55-32)25-18-34(48-3)38(52-7)35(19-25)49-4/h11-14,17-23,40,42H,8-10,15-16H2,1-7H3,(H,43,45). The van der Waals surface area contributed by atoms with Gasteiger partial charge in [-0.3, -0.25) is 4.79 Å². The maximum Gasteiger partial charge on any atom is 0.255 e. The normalized spacial score (nSPS) is 13.1. The van der Waals surface area contributed by atoms with E-state index in [1.807, 2.05) is 48.5 Å². The maximum absolute atomic E-state index is 12.8. The number of nitrogens with zero attached hydrogens (tertiary/aromatic N) is 1. The number of nitrogens with one attached hydrogen (secondary N) is 2. The molecule has 2 N–H and O–H groups in total. The molecule has 4 aromatic carbocycles. The van der Waals surface area contributed by atoms with Crippen LogP contribution in [-0.2, 0) is 0 Å². The van der Waals surface area contributed by atoms with Crippen molar-refractivity contribution in [1.82, 2.24) is 10.5 Å². The fourth-order valence-electron chi connectivity index (χ4n) is 6.19. The van der Waals surface area contributed by atoms with Crippen LogP contribution in [0.2, 0.25) is 0 Å².